The zero-order valence-electron chi connectivity index (χ0n) is 26.8. The van der Waals surface area contributed by atoms with E-state index in [-0.39, 0.29) is 18.0 Å². The lowest BCUT2D eigenvalue weighted by molar-refractivity contribution is 0.100. The molecule has 8 heteroatoms. The molecule has 6 nitrogen and oxygen atoms in total. The molecular formula is C38H42F2N4O2. The van der Waals surface area contributed by atoms with Crippen LogP contribution in [0, 0.1) is 11.6 Å². The van der Waals surface area contributed by atoms with E-state index < -0.39 is 17.5 Å². The number of amides is 1. The Kier molecular flexibility index (Phi) is 10.5. The molecule has 4 aromatic rings. The van der Waals surface area contributed by atoms with Gasteiger partial charge in [-0.1, -0.05) is 44.9 Å². The number of phenols is 1. The highest BCUT2D eigenvalue weighted by Crippen LogP contribution is 2.32. The smallest absolute Gasteiger partial charge is 0.279 e. The Morgan fingerprint density at radius 1 is 0.804 bits per heavy atom. The van der Waals surface area contributed by atoms with Crippen molar-refractivity contribution in [1.29, 1.82) is 0 Å². The van der Waals surface area contributed by atoms with Crippen LogP contribution in [0.2, 0.25) is 0 Å². The van der Waals surface area contributed by atoms with E-state index in [0.29, 0.717) is 23.1 Å². The molecule has 1 amide bonds. The van der Waals surface area contributed by atoms with E-state index in [2.05, 4.69) is 41.8 Å². The molecule has 1 fully saturated rings. The second kappa shape index (κ2) is 14.7. The molecule has 1 aliphatic heterocycles. The first kappa shape index (κ1) is 32.8. The maximum Gasteiger partial charge on any atom is 0.279 e. The molecule has 240 valence electrons. The first-order valence-corrected chi connectivity index (χ1v) is 16.0. The third kappa shape index (κ3) is 7.80. The topological polar surface area (TPSA) is 82.2 Å². The standard InChI is InChI=1S/C38H42F2N4O2/c1-4-6-27-21-32(44-16-14-43(3)15-17-44)10-13-34(27)38(46)42-37(41)36-23-29(18-25-19-30(39)24-31(40)20-25)35(22-28(36)7-5-2)26-8-11-33(45)12-9-26/h8-13,19-24,45H,4-7,14-18H2,1-3H3,(H2,41,42,46). The third-order valence-corrected chi connectivity index (χ3v) is 8.55. The highest BCUT2D eigenvalue weighted by Gasteiger charge is 2.20. The van der Waals surface area contributed by atoms with Gasteiger partial charge < -0.3 is 20.6 Å². The van der Waals surface area contributed by atoms with Gasteiger partial charge in [0.1, 0.15) is 23.2 Å². The maximum absolute atomic E-state index is 14.2. The molecule has 0 aromatic heterocycles. The summed E-state index contributed by atoms with van der Waals surface area (Å²) in [6.45, 7) is 8.01. The molecule has 0 atom stereocenters. The average Bonchev–Trinajstić information content (AvgIpc) is 3.02. The van der Waals surface area contributed by atoms with Gasteiger partial charge in [0.25, 0.3) is 5.91 Å². The predicted molar refractivity (Wildman–Crippen MR) is 182 cm³/mol. The second-order valence-electron chi connectivity index (χ2n) is 12.1. The molecule has 4 aromatic carbocycles. The minimum absolute atomic E-state index is 0.1000. The second-order valence-corrected chi connectivity index (χ2v) is 12.1. The van der Waals surface area contributed by atoms with Crippen LogP contribution in [-0.4, -0.2) is 55.0 Å². The monoisotopic (exact) mass is 624 g/mol. The van der Waals surface area contributed by atoms with E-state index >= 15 is 0 Å². The lowest BCUT2D eigenvalue weighted by Gasteiger charge is -2.34. The SMILES string of the molecule is CCCc1cc(N2CCN(C)CC2)ccc1C(=O)N=C(N)c1cc(Cc2cc(F)cc(F)c2)c(-c2ccc(O)cc2)cc1CCC. The number of aliphatic imine (C=N–C) groups is 1. The Hall–Kier alpha value is -4.56. The highest BCUT2D eigenvalue weighted by atomic mass is 19.1. The zero-order valence-corrected chi connectivity index (χ0v) is 26.8. The summed E-state index contributed by atoms with van der Waals surface area (Å²) in [5.41, 5.74) is 13.7. The van der Waals surface area contributed by atoms with Gasteiger partial charge in [0, 0.05) is 49.1 Å². The molecule has 0 bridgehead atoms. The fourth-order valence-corrected chi connectivity index (χ4v) is 6.15. The largest absolute Gasteiger partial charge is 0.508 e. The summed E-state index contributed by atoms with van der Waals surface area (Å²) in [5, 5.41) is 9.90. The van der Waals surface area contributed by atoms with Crippen LogP contribution >= 0.6 is 0 Å². The maximum atomic E-state index is 14.2. The molecule has 3 N–H and O–H groups in total. The van der Waals surface area contributed by atoms with Crippen LogP contribution in [0.1, 0.15) is 64.9 Å². The van der Waals surface area contributed by atoms with Gasteiger partial charge in [-0.3, -0.25) is 4.79 Å². The van der Waals surface area contributed by atoms with Gasteiger partial charge in [0.05, 0.1) is 0 Å². The van der Waals surface area contributed by atoms with Gasteiger partial charge >= 0.3 is 0 Å². The van der Waals surface area contributed by atoms with E-state index in [9.17, 15) is 18.7 Å². The normalized spacial score (nSPS) is 14.1. The number of hydrogen-bond acceptors (Lipinski definition) is 4. The number of hydrogen-bond donors (Lipinski definition) is 2. The number of piperazine rings is 1. The van der Waals surface area contributed by atoms with Crippen molar-refractivity contribution in [2.45, 2.75) is 46.0 Å². The van der Waals surface area contributed by atoms with Gasteiger partial charge in [-0.15, -0.1) is 0 Å². The van der Waals surface area contributed by atoms with Crippen LogP contribution < -0.4 is 10.6 Å². The van der Waals surface area contributed by atoms with Crippen LogP contribution in [0.3, 0.4) is 0 Å². The van der Waals surface area contributed by atoms with Crippen molar-refractivity contribution in [3.63, 3.8) is 0 Å². The Bertz CT molecular complexity index is 1710. The molecule has 0 unspecified atom stereocenters. The van der Waals surface area contributed by atoms with E-state index in [1.165, 1.54) is 12.1 Å². The average molecular weight is 625 g/mol. The Balaban J connectivity index is 1.55. The number of aromatic hydroxyl groups is 1. The van der Waals surface area contributed by atoms with Crippen LogP contribution in [-0.2, 0) is 19.3 Å². The lowest BCUT2D eigenvalue weighted by Crippen LogP contribution is -2.44. The number of nitrogens with zero attached hydrogens (tertiary/aromatic N) is 3. The minimum Gasteiger partial charge on any atom is -0.508 e. The number of amidine groups is 1. The molecule has 1 aliphatic rings. The number of phenolic OH excluding ortho intramolecular Hbond substituents is 1. The van der Waals surface area contributed by atoms with E-state index in [1.54, 1.807) is 24.3 Å². The molecule has 1 saturated heterocycles. The van der Waals surface area contributed by atoms with Crippen LogP contribution in [0.25, 0.3) is 11.1 Å². The van der Waals surface area contributed by atoms with Gasteiger partial charge in [-0.2, -0.15) is 4.99 Å². The van der Waals surface area contributed by atoms with Crippen LogP contribution in [0.15, 0.2) is 77.8 Å². The molecule has 5 rings (SSSR count). The quantitative estimate of drug-likeness (QED) is 0.145. The Morgan fingerprint density at radius 2 is 1.43 bits per heavy atom. The summed E-state index contributed by atoms with van der Waals surface area (Å²) in [4.78, 5) is 22.8. The number of anilines is 1. The number of carbonyl (C=O) groups is 1. The van der Waals surface area contributed by atoms with Crippen molar-refractivity contribution in [2.75, 3.05) is 38.1 Å². The lowest BCUT2D eigenvalue weighted by atomic mass is 9.88. The number of aryl methyl sites for hydroxylation is 2. The zero-order chi connectivity index (χ0) is 32.8. The molecule has 0 saturated carbocycles. The van der Waals surface area contributed by atoms with E-state index in [1.807, 2.05) is 24.3 Å². The molecule has 0 aliphatic carbocycles. The summed E-state index contributed by atoms with van der Waals surface area (Å²) in [5.74, 6) is -1.47. The van der Waals surface area contributed by atoms with Gasteiger partial charge in [0.15, 0.2) is 0 Å². The fraction of sp³-hybridized carbons (Fsp3) is 0.316. The van der Waals surface area contributed by atoms with E-state index in [0.717, 1.165) is 85.0 Å². The van der Waals surface area contributed by atoms with Crippen molar-refractivity contribution in [1.82, 2.24) is 4.90 Å². The first-order chi connectivity index (χ1) is 22.1. The number of carbonyl (C=O) groups excluding carboxylic acids is 1. The van der Waals surface area contributed by atoms with Crippen molar-refractivity contribution < 1.29 is 18.7 Å². The van der Waals surface area contributed by atoms with Gasteiger partial charge in [-0.05, 0) is 108 Å². The predicted octanol–water partition coefficient (Wildman–Crippen LogP) is 7.13. The number of rotatable bonds is 10. The van der Waals surface area contributed by atoms with Crippen molar-refractivity contribution >= 4 is 17.4 Å². The van der Waals surface area contributed by atoms with Gasteiger partial charge in [-0.25, -0.2) is 8.78 Å². The molecule has 1 heterocycles. The minimum atomic E-state index is -0.655. The number of benzene rings is 4. The summed E-state index contributed by atoms with van der Waals surface area (Å²) in [6, 6.07) is 20.1. The van der Waals surface area contributed by atoms with Crippen molar-refractivity contribution in [3.8, 4) is 16.9 Å². The summed E-state index contributed by atoms with van der Waals surface area (Å²) in [6.07, 6.45) is 3.36. The Labute approximate surface area is 270 Å². The summed E-state index contributed by atoms with van der Waals surface area (Å²) >= 11 is 0. The highest BCUT2D eigenvalue weighted by molar-refractivity contribution is 6.10. The fourth-order valence-electron chi connectivity index (χ4n) is 6.15. The summed E-state index contributed by atoms with van der Waals surface area (Å²) < 4.78 is 28.3. The molecule has 46 heavy (non-hydrogen) atoms. The van der Waals surface area contributed by atoms with Crippen molar-refractivity contribution in [3.05, 3.63) is 118 Å². The Morgan fingerprint density at radius 3 is 2.07 bits per heavy atom. The van der Waals surface area contributed by atoms with E-state index in [4.69, 9.17) is 5.73 Å². The number of halogens is 2. The molecule has 0 spiro atoms. The first-order valence-electron chi connectivity index (χ1n) is 16.0. The molecule has 0 radical (unpaired) electrons. The number of likely N-dealkylation sites (N-methyl/N-ethyl adjacent to an activating group) is 1. The van der Waals surface area contributed by atoms with Crippen molar-refractivity contribution in [2.24, 2.45) is 10.7 Å². The summed E-state index contributed by atoms with van der Waals surface area (Å²) in [7, 11) is 2.13. The van der Waals surface area contributed by atoms with Crippen LogP contribution in [0.4, 0.5) is 14.5 Å². The van der Waals surface area contributed by atoms with Gasteiger partial charge in [0.2, 0.25) is 0 Å². The van der Waals surface area contributed by atoms with Crippen LogP contribution in [0.5, 0.6) is 5.75 Å². The third-order valence-electron chi connectivity index (χ3n) is 8.55. The number of nitrogens with two attached hydrogens (primary N) is 1. The molecular weight excluding hydrogens is 582 g/mol.